The summed E-state index contributed by atoms with van der Waals surface area (Å²) >= 11 is 8.69. The summed E-state index contributed by atoms with van der Waals surface area (Å²) in [7, 11) is 0. The number of carbonyl (C=O) groups is 2. The average Bonchev–Trinajstić information content (AvgIpc) is 2.95. The molecule has 1 aromatic heterocycles. The molecule has 2 rings (SSSR count). The van der Waals surface area contributed by atoms with Crippen LogP contribution in [-0.2, 0) is 20.1 Å². The number of thioether (sulfide) groups is 1. The van der Waals surface area contributed by atoms with E-state index in [1.165, 1.54) is 54.3 Å². The van der Waals surface area contributed by atoms with Crippen molar-refractivity contribution in [3.63, 3.8) is 0 Å². The molecule has 128 valence electrons. The lowest BCUT2D eigenvalue weighted by Gasteiger charge is -2.13. The van der Waals surface area contributed by atoms with Gasteiger partial charge in [0.05, 0.1) is 10.1 Å². The van der Waals surface area contributed by atoms with Gasteiger partial charge in [-0.25, -0.2) is 4.39 Å². The van der Waals surface area contributed by atoms with Crippen LogP contribution in [0.3, 0.4) is 0 Å². The molecule has 0 fully saturated rings. The van der Waals surface area contributed by atoms with E-state index in [-0.39, 0.29) is 5.75 Å². The van der Waals surface area contributed by atoms with Crippen LogP contribution in [0, 0.1) is 5.82 Å². The van der Waals surface area contributed by atoms with Crippen LogP contribution in [0.2, 0.25) is 4.34 Å². The Labute approximate surface area is 152 Å². The Hall–Kier alpha value is -1.57. The number of esters is 1. The maximum Gasteiger partial charge on any atom is 0.316 e. The van der Waals surface area contributed by atoms with Crippen molar-refractivity contribution in [3.8, 4) is 0 Å². The van der Waals surface area contributed by atoms with Gasteiger partial charge in [-0.2, -0.15) is 0 Å². The van der Waals surface area contributed by atoms with Gasteiger partial charge < -0.3 is 10.1 Å². The zero-order valence-corrected chi connectivity index (χ0v) is 15.1. The quantitative estimate of drug-likeness (QED) is 0.718. The van der Waals surface area contributed by atoms with Gasteiger partial charge in [0.15, 0.2) is 6.10 Å². The number of halogens is 2. The van der Waals surface area contributed by atoms with E-state index in [1.807, 2.05) is 12.1 Å². The van der Waals surface area contributed by atoms with Crippen molar-refractivity contribution in [2.45, 2.75) is 18.8 Å². The summed E-state index contributed by atoms with van der Waals surface area (Å²) in [5.74, 6) is -0.530. The minimum Gasteiger partial charge on any atom is -0.452 e. The predicted molar refractivity (Wildman–Crippen MR) is 96.1 cm³/mol. The van der Waals surface area contributed by atoms with Crippen molar-refractivity contribution in [1.82, 2.24) is 0 Å². The molecule has 1 heterocycles. The van der Waals surface area contributed by atoms with Gasteiger partial charge in [0.2, 0.25) is 0 Å². The van der Waals surface area contributed by atoms with E-state index in [0.29, 0.717) is 15.8 Å². The minimum atomic E-state index is -0.931. The van der Waals surface area contributed by atoms with Gasteiger partial charge in [-0.1, -0.05) is 11.6 Å². The van der Waals surface area contributed by atoms with E-state index in [0.717, 1.165) is 4.88 Å². The minimum absolute atomic E-state index is 0.143. The SMILES string of the molecule is C[C@H](OC(=O)CSCc1ccc(Cl)s1)C(=O)Nc1ccc(F)cc1. The Morgan fingerprint density at radius 3 is 2.62 bits per heavy atom. The summed E-state index contributed by atoms with van der Waals surface area (Å²) in [5.41, 5.74) is 0.438. The van der Waals surface area contributed by atoms with Gasteiger partial charge in [-0.15, -0.1) is 23.1 Å². The molecule has 1 aromatic carbocycles. The number of hydrogen-bond acceptors (Lipinski definition) is 5. The number of ether oxygens (including phenoxy) is 1. The Morgan fingerprint density at radius 2 is 2.00 bits per heavy atom. The lowest BCUT2D eigenvalue weighted by Crippen LogP contribution is -2.30. The molecule has 0 unspecified atom stereocenters. The third-order valence-corrected chi connectivity index (χ3v) is 5.25. The second-order valence-electron chi connectivity index (χ2n) is 4.83. The highest BCUT2D eigenvalue weighted by atomic mass is 35.5. The van der Waals surface area contributed by atoms with E-state index in [9.17, 15) is 14.0 Å². The monoisotopic (exact) mass is 387 g/mol. The second kappa shape index (κ2) is 9.05. The maximum atomic E-state index is 12.8. The lowest BCUT2D eigenvalue weighted by atomic mass is 10.3. The molecule has 1 amide bonds. The molecule has 0 saturated heterocycles. The number of thiophene rings is 1. The van der Waals surface area contributed by atoms with Gasteiger partial charge >= 0.3 is 5.97 Å². The van der Waals surface area contributed by atoms with Crippen molar-refractivity contribution in [3.05, 3.63) is 51.4 Å². The Morgan fingerprint density at radius 1 is 1.29 bits per heavy atom. The van der Waals surface area contributed by atoms with Crippen molar-refractivity contribution >= 4 is 52.3 Å². The number of anilines is 1. The summed E-state index contributed by atoms with van der Waals surface area (Å²) in [6, 6.07) is 9.06. The first-order chi connectivity index (χ1) is 11.4. The summed E-state index contributed by atoms with van der Waals surface area (Å²) in [6.07, 6.45) is -0.931. The van der Waals surface area contributed by atoms with Crippen molar-refractivity contribution < 1.29 is 18.7 Å². The zero-order valence-electron chi connectivity index (χ0n) is 12.8. The normalized spacial score (nSPS) is 11.8. The van der Waals surface area contributed by atoms with Gasteiger partial charge in [0, 0.05) is 16.3 Å². The van der Waals surface area contributed by atoms with Gasteiger partial charge in [0.25, 0.3) is 5.91 Å². The highest BCUT2D eigenvalue weighted by molar-refractivity contribution is 7.99. The highest BCUT2D eigenvalue weighted by Crippen LogP contribution is 2.25. The molecule has 4 nitrogen and oxygen atoms in total. The van der Waals surface area contributed by atoms with Crippen LogP contribution in [0.4, 0.5) is 10.1 Å². The van der Waals surface area contributed by atoms with Gasteiger partial charge in [-0.3, -0.25) is 9.59 Å². The first-order valence-corrected chi connectivity index (χ1v) is 9.37. The Kier molecular flexibility index (Phi) is 7.08. The molecule has 0 spiro atoms. The number of nitrogens with one attached hydrogen (secondary N) is 1. The van der Waals surface area contributed by atoms with E-state index >= 15 is 0 Å². The molecular formula is C16H15ClFNO3S2. The van der Waals surface area contributed by atoms with Crippen LogP contribution < -0.4 is 5.32 Å². The fourth-order valence-electron chi connectivity index (χ4n) is 1.73. The Bertz CT molecular complexity index is 706. The summed E-state index contributed by atoms with van der Waals surface area (Å²) in [6.45, 7) is 1.49. The highest BCUT2D eigenvalue weighted by Gasteiger charge is 2.18. The largest absolute Gasteiger partial charge is 0.452 e. The van der Waals surface area contributed by atoms with Crippen LogP contribution >= 0.6 is 34.7 Å². The van der Waals surface area contributed by atoms with E-state index in [1.54, 1.807) is 0 Å². The predicted octanol–water partition coefficient (Wildman–Crippen LogP) is 4.34. The summed E-state index contributed by atoms with van der Waals surface area (Å²) < 4.78 is 18.6. The number of hydrogen-bond donors (Lipinski definition) is 1. The molecule has 0 aliphatic rings. The number of amides is 1. The summed E-state index contributed by atoms with van der Waals surface area (Å²) in [5, 5.41) is 2.56. The molecule has 0 saturated carbocycles. The van der Waals surface area contributed by atoms with Gasteiger partial charge in [0.1, 0.15) is 5.82 Å². The first-order valence-electron chi connectivity index (χ1n) is 7.02. The molecule has 2 aromatic rings. The van der Waals surface area contributed by atoms with E-state index in [4.69, 9.17) is 16.3 Å². The van der Waals surface area contributed by atoms with Crippen LogP contribution in [-0.4, -0.2) is 23.7 Å². The number of carbonyl (C=O) groups excluding carboxylic acids is 2. The molecule has 0 radical (unpaired) electrons. The fraction of sp³-hybridized carbons (Fsp3) is 0.250. The van der Waals surface area contributed by atoms with Crippen molar-refractivity contribution in [1.29, 1.82) is 0 Å². The third-order valence-electron chi connectivity index (χ3n) is 2.88. The lowest BCUT2D eigenvalue weighted by molar-refractivity contribution is -0.150. The molecule has 8 heteroatoms. The third kappa shape index (κ3) is 6.14. The van der Waals surface area contributed by atoms with Crippen LogP contribution in [0.5, 0.6) is 0 Å². The molecule has 0 aliphatic heterocycles. The topological polar surface area (TPSA) is 55.4 Å². The molecule has 24 heavy (non-hydrogen) atoms. The standard InChI is InChI=1S/C16H15ClFNO3S2/c1-10(16(21)19-12-4-2-11(18)3-5-12)22-15(20)9-23-8-13-6-7-14(17)24-13/h2-7,10H,8-9H2,1H3,(H,19,21)/t10-/m0/s1. The first kappa shape index (κ1) is 18.8. The summed E-state index contributed by atoms with van der Waals surface area (Å²) in [4.78, 5) is 24.8. The molecular weight excluding hydrogens is 373 g/mol. The fourth-order valence-corrected chi connectivity index (χ4v) is 3.73. The molecule has 1 N–H and O–H groups in total. The van der Waals surface area contributed by atoms with E-state index in [2.05, 4.69) is 5.32 Å². The smallest absolute Gasteiger partial charge is 0.316 e. The van der Waals surface area contributed by atoms with Gasteiger partial charge in [-0.05, 0) is 43.3 Å². The number of rotatable bonds is 7. The second-order valence-corrected chi connectivity index (χ2v) is 7.61. The average molecular weight is 388 g/mol. The Balaban J connectivity index is 1.71. The molecule has 1 atom stereocenters. The van der Waals surface area contributed by atoms with E-state index < -0.39 is 23.8 Å². The maximum absolute atomic E-state index is 12.8. The van der Waals surface area contributed by atoms with Crippen molar-refractivity contribution in [2.24, 2.45) is 0 Å². The van der Waals surface area contributed by atoms with Crippen molar-refractivity contribution in [2.75, 3.05) is 11.1 Å². The van der Waals surface area contributed by atoms with Crippen LogP contribution in [0.15, 0.2) is 36.4 Å². The van der Waals surface area contributed by atoms with Crippen LogP contribution in [0.1, 0.15) is 11.8 Å². The zero-order chi connectivity index (χ0) is 17.5. The van der Waals surface area contributed by atoms with Crippen LogP contribution in [0.25, 0.3) is 0 Å². The number of benzene rings is 1. The molecule has 0 bridgehead atoms. The molecule has 0 aliphatic carbocycles.